The van der Waals surface area contributed by atoms with Crippen LogP contribution in [0.1, 0.15) is 11.3 Å². The Bertz CT molecular complexity index is 1100. The number of thioether (sulfide) groups is 1. The molecule has 0 radical (unpaired) electrons. The molecule has 1 aliphatic heterocycles. The minimum absolute atomic E-state index is 0.100. The van der Waals surface area contributed by atoms with Crippen molar-refractivity contribution in [2.45, 2.75) is 6.92 Å². The molecule has 0 atom stereocenters. The number of likely N-dealkylation sites (N-methyl/N-ethyl adjacent to an activating group) is 1. The number of hydrogen-bond acceptors (Lipinski definition) is 4. The molecule has 0 N–H and O–H groups in total. The second kappa shape index (κ2) is 7.70. The van der Waals surface area contributed by atoms with E-state index < -0.39 is 0 Å². The van der Waals surface area contributed by atoms with Crippen molar-refractivity contribution < 1.29 is 9.21 Å². The lowest BCUT2D eigenvalue weighted by Crippen LogP contribution is -2.23. The molecule has 140 valence electrons. The second-order valence-electron chi connectivity index (χ2n) is 6.42. The van der Waals surface area contributed by atoms with Crippen LogP contribution in [0.5, 0.6) is 0 Å². The molecule has 1 amide bonds. The number of furan rings is 1. The van der Waals surface area contributed by atoms with Crippen LogP contribution >= 0.6 is 23.4 Å². The van der Waals surface area contributed by atoms with Gasteiger partial charge in [-0.15, -0.1) is 0 Å². The lowest BCUT2D eigenvalue weighted by atomic mass is 10.2. The normalized spacial score (nSPS) is 17.1. The number of nitrogens with zero attached hydrogens (tertiary/aromatic N) is 2. The van der Waals surface area contributed by atoms with Gasteiger partial charge in [0.2, 0.25) is 0 Å². The number of carbonyl (C=O) groups is 1. The van der Waals surface area contributed by atoms with E-state index in [0.717, 1.165) is 11.3 Å². The molecule has 1 saturated heterocycles. The SMILES string of the molecule is Cc1ccc(N=C2S/C(=C\c3ccc(-c4cccc(Cl)c4)o3)C(=O)N2C)cc1. The number of aliphatic imine (C=N–C) groups is 1. The summed E-state index contributed by atoms with van der Waals surface area (Å²) < 4.78 is 5.88. The van der Waals surface area contributed by atoms with Crippen LogP contribution in [0, 0.1) is 6.92 Å². The highest BCUT2D eigenvalue weighted by Gasteiger charge is 2.30. The molecule has 2 heterocycles. The van der Waals surface area contributed by atoms with E-state index in [0.29, 0.717) is 26.6 Å². The van der Waals surface area contributed by atoms with Crippen LogP contribution in [0.25, 0.3) is 17.4 Å². The molecule has 1 fully saturated rings. The van der Waals surface area contributed by atoms with Crippen LogP contribution in [0.2, 0.25) is 5.02 Å². The van der Waals surface area contributed by atoms with Crippen LogP contribution < -0.4 is 0 Å². The Labute approximate surface area is 172 Å². The van der Waals surface area contributed by atoms with Gasteiger partial charge in [-0.25, -0.2) is 4.99 Å². The zero-order chi connectivity index (χ0) is 19.7. The monoisotopic (exact) mass is 408 g/mol. The van der Waals surface area contributed by atoms with E-state index in [1.54, 1.807) is 18.0 Å². The van der Waals surface area contributed by atoms with Gasteiger partial charge in [-0.3, -0.25) is 9.69 Å². The topological polar surface area (TPSA) is 45.8 Å². The summed E-state index contributed by atoms with van der Waals surface area (Å²) >= 11 is 7.38. The molecule has 4 nitrogen and oxygen atoms in total. The highest BCUT2D eigenvalue weighted by molar-refractivity contribution is 8.18. The Morgan fingerprint density at radius 2 is 1.89 bits per heavy atom. The fourth-order valence-corrected chi connectivity index (χ4v) is 3.90. The van der Waals surface area contributed by atoms with E-state index in [1.807, 2.05) is 67.6 Å². The predicted molar refractivity (Wildman–Crippen MR) is 116 cm³/mol. The van der Waals surface area contributed by atoms with Gasteiger partial charge in [0.1, 0.15) is 11.5 Å². The lowest BCUT2D eigenvalue weighted by Gasteiger charge is -2.07. The van der Waals surface area contributed by atoms with E-state index in [9.17, 15) is 4.79 Å². The molecule has 0 aliphatic carbocycles. The maximum Gasteiger partial charge on any atom is 0.266 e. The van der Waals surface area contributed by atoms with Crippen molar-refractivity contribution in [3.8, 4) is 11.3 Å². The molecular formula is C22H17ClN2O2S. The van der Waals surface area contributed by atoms with Crippen LogP contribution in [0.3, 0.4) is 0 Å². The Morgan fingerprint density at radius 1 is 1.11 bits per heavy atom. The number of halogens is 1. The molecular weight excluding hydrogens is 392 g/mol. The number of hydrogen-bond donors (Lipinski definition) is 0. The summed E-state index contributed by atoms with van der Waals surface area (Å²) in [6.45, 7) is 2.03. The highest BCUT2D eigenvalue weighted by Crippen LogP contribution is 2.34. The predicted octanol–water partition coefficient (Wildman–Crippen LogP) is 6.14. The van der Waals surface area contributed by atoms with E-state index in [1.165, 1.54) is 17.3 Å². The average molecular weight is 409 g/mol. The number of amidine groups is 1. The Balaban J connectivity index is 1.58. The molecule has 3 aromatic rings. The van der Waals surface area contributed by atoms with Gasteiger partial charge in [0.15, 0.2) is 5.17 Å². The third-order valence-corrected chi connectivity index (χ3v) is 5.57. The van der Waals surface area contributed by atoms with Crippen molar-refractivity contribution in [1.82, 2.24) is 4.90 Å². The van der Waals surface area contributed by atoms with Crippen LogP contribution in [0.15, 0.2) is 75.0 Å². The van der Waals surface area contributed by atoms with Gasteiger partial charge < -0.3 is 4.42 Å². The first kappa shape index (κ1) is 18.6. The first-order valence-electron chi connectivity index (χ1n) is 8.68. The first-order chi connectivity index (χ1) is 13.5. The molecule has 1 aliphatic rings. The summed E-state index contributed by atoms with van der Waals surface area (Å²) in [4.78, 5) is 19.3. The molecule has 6 heteroatoms. The quantitative estimate of drug-likeness (QED) is 0.489. The number of rotatable bonds is 3. The minimum Gasteiger partial charge on any atom is -0.457 e. The van der Waals surface area contributed by atoms with Gasteiger partial charge in [-0.05, 0) is 55.1 Å². The van der Waals surface area contributed by atoms with Crippen molar-refractivity contribution >= 4 is 46.2 Å². The summed E-state index contributed by atoms with van der Waals surface area (Å²) in [5, 5.41) is 1.29. The van der Waals surface area contributed by atoms with Gasteiger partial charge in [0.05, 0.1) is 10.6 Å². The lowest BCUT2D eigenvalue weighted by molar-refractivity contribution is -0.121. The van der Waals surface area contributed by atoms with Gasteiger partial charge in [-0.2, -0.15) is 0 Å². The maximum absolute atomic E-state index is 12.6. The van der Waals surface area contributed by atoms with Crippen molar-refractivity contribution in [2.24, 2.45) is 4.99 Å². The fraction of sp³-hybridized carbons (Fsp3) is 0.0909. The molecule has 0 bridgehead atoms. The van der Waals surface area contributed by atoms with Gasteiger partial charge >= 0.3 is 0 Å². The van der Waals surface area contributed by atoms with Crippen molar-refractivity contribution in [3.05, 3.63) is 81.9 Å². The standard InChI is InChI=1S/C22H17ClN2O2S/c1-14-6-8-17(9-7-14)24-22-25(2)21(26)20(28-22)13-18-10-11-19(27-18)15-4-3-5-16(23)12-15/h3-13H,1-2H3/b20-13-,24-22?. The Hall–Kier alpha value is -2.76. The third kappa shape index (κ3) is 3.91. The van der Waals surface area contributed by atoms with E-state index in [4.69, 9.17) is 16.0 Å². The van der Waals surface area contributed by atoms with Crippen molar-refractivity contribution in [2.75, 3.05) is 7.05 Å². The van der Waals surface area contributed by atoms with E-state index >= 15 is 0 Å². The number of benzene rings is 2. The average Bonchev–Trinajstić information content (AvgIpc) is 3.25. The minimum atomic E-state index is -0.100. The van der Waals surface area contributed by atoms with Crippen LogP contribution in [-0.2, 0) is 4.79 Å². The Morgan fingerprint density at radius 3 is 2.64 bits per heavy atom. The molecule has 0 saturated carbocycles. The highest BCUT2D eigenvalue weighted by atomic mass is 35.5. The van der Waals surface area contributed by atoms with E-state index in [-0.39, 0.29) is 5.91 Å². The third-order valence-electron chi connectivity index (χ3n) is 4.27. The van der Waals surface area contributed by atoms with E-state index in [2.05, 4.69) is 4.99 Å². The number of aryl methyl sites for hydroxylation is 1. The molecule has 2 aromatic carbocycles. The summed E-state index contributed by atoms with van der Waals surface area (Å²) in [5.41, 5.74) is 2.87. The maximum atomic E-state index is 12.6. The second-order valence-corrected chi connectivity index (χ2v) is 7.86. The molecule has 0 unspecified atom stereocenters. The fourth-order valence-electron chi connectivity index (χ4n) is 2.74. The summed E-state index contributed by atoms with van der Waals surface area (Å²) in [6.07, 6.45) is 1.75. The smallest absolute Gasteiger partial charge is 0.266 e. The summed E-state index contributed by atoms with van der Waals surface area (Å²) in [5.74, 6) is 1.21. The van der Waals surface area contributed by atoms with Crippen molar-refractivity contribution in [3.63, 3.8) is 0 Å². The zero-order valence-electron chi connectivity index (χ0n) is 15.3. The van der Waals surface area contributed by atoms with Crippen LogP contribution in [-0.4, -0.2) is 23.0 Å². The zero-order valence-corrected chi connectivity index (χ0v) is 16.9. The molecule has 4 rings (SSSR count). The van der Waals surface area contributed by atoms with Crippen LogP contribution in [0.4, 0.5) is 5.69 Å². The molecule has 0 spiro atoms. The van der Waals surface area contributed by atoms with Gasteiger partial charge in [0, 0.05) is 23.7 Å². The molecule has 1 aromatic heterocycles. The summed E-state index contributed by atoms with van der Waals surface area (Å²) in [7, 11) is 1.72. The Kier molecular flexibility index (Phi) is 5.11. The largest absolute Gasteiger partial charge is 0.457 e. The van der Waals surface area contributed by atoms with Gasteiger partial charge in [-0.1, -0.05) is 41.4 Å². The van der Waals surface area contributed by atoms with Crippen molar-refractivity contribution in [1.29, 1.82) is 0 Å². The van der Waals surface area contributed by atoms with Gasteiger partial charge in [0.25, 0.3) is 5.91 Å². The first-order valence-corrected chi connectivity index (χ1v) is 9.88. The summed E-state index contributed by atoms with van der Waals surface area (Å²) in [6, 6.07) is 19.0. The molecule has 28 heavy (non-hydrogen) atoms. The number of amides is 1. The number of carbonyl (C=O) groups excluding carboxylic acids is 1.